The van der Waals surface area contributed by atoms with Crippen LogP contribution >= 0.6 is 23.2 Å². The summed E-state index contributed by atoms with van der Waals surface area (Å²) in [4.78, 5) is 34.3. The summed E-state index contributed by atoms with van der Waals surface area (Å²) in [6.07, 6.45) is -1.15. The Morgan fingerprint density at radius 3 is 2.56 bits per heavy atom. The summed E-state index contributed by atoms with van der Waals surface area (Å²) < 4.78 is 5.03. The third-order valence-electron chi connectivity index (χ3n) is 3.13. The smallest absolute Gasteiger partial charge is 0.340 e. The van der Waals surface area contributed by atoms with Gasteiger partial charge in [0, 0.05) is 22.8 Å². The SMILES string of the molecule is C[C@H](OC(=O)c1cc([N+](=O)[O-])ccc1Cl)C(=O)Nc1cccc(Cl)c1. The van der Waals surface area contributed by atoms with E-state index in [9.17, 15) is 19.7 Å². The molecule has 0 radical (unpaired) electrons. The van der Waals surface area contributed by atoms with Gasteiger partial charge in [0.25, 0.3) is 11.6 Å². The third kappa shape index (κ3) is 4.91. The van der Waals surface area contributed by atoms with Crippen molar-refractivity contribution in [1.29, 1.82) is 0 Å². The molecule has 0 bridgehead atoms. The highest BCUT2D eigenvalue weighted by Gasteiger charge is 2.22. The Kier molecular flexibility index (Phi) is 5.95. The lowest BCUT2D eigenvalue weighted by atomic mass is 10.2. The largest absolute Gasteiger partial charge is 0.449 e. The number of hydrogen-bond acceptors (Lipinski definition) is 5. The van der Waals surface area contributed by atoms with E-state index in [1.165, 1.54) is 19.1 Å². The predicted octanol–water partition coefficient (Wildman–Crippen LogP) is 4.09. The van der Waals surface area contributed by atoms with Crippen molar-refractivity contribution in [2.75, 3.05) is 5.32 Å². The molecule has 7 nitrogen and oxygen atoms in total. The maximum atomic E-state index is 12.1. The Balaban J connectivity index is 2.08. The zero-order valence-corrected chi connectivity index (χ0v) is 14.4. The molecule has 1 atom stereocenters. The molecule has 0 spiro atoms. The van der Waals surface area contributed by atoms with Gasteiger partial charge in [0.1, 0.15) is 0 Å². The summed E-state index contributed by atoms with van der Waals surface area (Å²) in [6, 6.07) is 9.82. The molecule has 0 saturated heterocycles. The number of esters is 1. The molecule has 2 aromatic rings. The summed E-state index contributed by atoms with van der Waals surface area (Å²) >= 11 is 11.7. The normalized spacial score (nSPS) is 11.5. The molecule has 0 aromatic heterocycles. The maximum Gasteiger partial charge on any atom is 0.340 e. The van der Waals surface area contributed by atoms with Crippen molar-refractivity contribution in [3.8, 4) is 0 Å². The zero-order valence-electron chi connectivity index (χ0n) is 12.9. The molecular weight excluding hydrogens is 371 g/mol. The van der Waals surface area contributed by atoms with Gasteiger partial charge in [-0.2, -0.15) is 0 Å². The lowest BCUT2D eigenvalue weighted by molar-refractivity contribution is -0.384. The number of rotatable bonds is 5. The second-order valence-corrected chi connectivity index (χ2v) is 5.81. The number of carbonyl (C=O) groups is 2. The molecule has 1 amide bonds. The van der Waals surface area contributed by atoms with Crippen molar-refractivity contribution in [3.63, 3.8) is 0 Å². The molecule has 0 unspecified atom stereocenters. The molecule has 0 aliphatic heterocycles. The van der Waals surface area contributed by atoms with Crippen LogP contribution in [0.15, 0.2) is 42.5 Å². The van der Waals surface area contributed by atoms with Gasteiger partial charge in [0.05, 0.1) is 15.5 Å². The van der Waals surface area contributed by atoms with Crippen LogP contribution in [0.4, 0.5) is 11.4 Å². The van der Waals surface area contributed by atoms with Gasteiger partial charge in [-0.15, -0.1) is 0 Å². The van der Waals surface area contributed by atoms with Crippen molar-refractivity contribution in [2.24, 2.45) is 0 Å². The Morgan fingerprint density at radius 2 is 1.92 bits per heavy atom. The first kappa shape index (κ1) is 18.7. The van der Waals surface area contributed by atoms with Crippen LogP contribution in [0.1, 0.15) is 17.3 Å². The number of ether oxygens (including phenoxy) is 1. The van der Waals surface area contributed by atoms with Crippen LogP contribution in [0, 0.1) is 10.1 Å². The third-order valence-corrected chi connectivity index (χ3v) is 3.69. The van der Waals surface area contributed by atoms with Gasteiger partial charge in [-0.3, -0.25) is 14.9 Å². The molecule has 9 heteroatoms. The van der Waals surface area contributed by atoms with Crippen molar-refractivity contribution in [2.45, 2.75) is 13.0 Å². The van der Waals surface area contributed by atoms with Crippen LogP contribution < -0.4 is 5.32 Å². The standard InChI is InChI=1S/C16H12Cl2N2O5/c1-9(15(21)19-11-4-2-3-10(17)7-11)25-16(22)13-8-12(20(23)24)5-6-14(13)18/h2-9H,1H3,(H,19,21)/t9-/m0/s1. The Hall–Kier alpha value is -2.64. The van der Waals surface area contributed by atoms with E-state index in [1.807, 2.05) is 0 Å². The van der Waals surface area contributed by atoms with Crippen LogP contribution in [0.2, 0.25) is 10.0 Å². The molecular formula is C16H12Cl2N2O5. The molecule has 0 heterocycles. The minimum absolute atomic E-state index is 0.0157. The molecule has 0 saturated carbocycles. The fourth-order valence-corrected chi connectivity index (χ4v) is 2.26. The first-order valence-electron chi connectivity index (χ1n) is 6.99. The Labute approximate surface area is 152 Å². The number of nitrogens with one attached hydrogen (secondary N) is 1. The van der Waals surface area contributed by atoms with Crippen LogP contribution in [0.25, 0.3) is 0 Å². The van der Waals surface area contributed by atoms with Crippen molar-refractivity contribution in [3.05, 3.63) is 68.2 Å². The lowest BCUT2D eigenvalue weighted by Crippen LogP contribution is -2.30. The summed E-state index contributed by atoms with van der Waals surface area (Å²) in [7, 11) is 0. The van der Waals surface area contributed by atoms with E-state index in [4.69, 9.17) is 27.9 Å². The molecule has 130 valence electrons. The number of nitro benzene ring substituents is 1. The average Bonchev–Trinajstić information content (AvgIpc) is 2.54. The second kappa shape index (κ2) is 7.96. The number of anilines is 1. The lowest BCUT2D eigenvalue weighted by Gasteiger charge is -2.14. The fourth-order valence-electron chi connectivity index (χ4n) is 1.87. The molecule has 0 aliphatic carbocycles. The van der Waals surface area contributed by atoms with E-state index < -0.39 is 22.9 Å². The second-order valence-electron chi connectivity index (χ2n) is 4.97. The number of hydrogen-bond donors (Lipinski definition) is 1. The van der Waals surface area contributed by atoms with Crippen molar-refractivity contribution >= 4 is 46.5 Å². The number of benzene rings is 2. The number of non-ortho nitro benzene ring substituents is 1. The molecule has 2 rings (SSSR count). The molecule has 1 N–H and O–H groups in total. The molecule has 25 heavy (non-hydrogen) atoms. The van der Waals surface area contributed by atoms with E-state index in [1.54, 1.807) is 18.2 Å². The van der Waals surface area contributed by atoms with Gasteiger partial charge < -0.3 is 10.1 Å². The highest BCUT2D eigenvalue weighted by molar-refractivity contribution is 6.33. The van der Waals surface area contributed by atoms with Gasteiger partial charge in [-0.1, -0.05) is 29.3 Å². The minimum Gasteiger partial charge on any atom is -0.449 e. The topological polar surface area (TPSA) is 98.5 Å². The van der Waals surface area contributed by atoms with Gasteiger partial charge >= 0.3 is 5.97 Å². The average molecular weight is 383 g/mol. The van der Waals surface area contributed by atoms with Gasteiger partial charge in [-0.25, -0.2) is 4.79 Å². The molecule has 2 aromatic carbocycles. The first-order chi connectivity index (χ1) is 11.8. The highest BCUT2D eigenvalue weighted by atomic mass is 35.5. The van der Waals surface area contributed by atoms with Crippen LogP contribution in [-0.4, -0.2) is 22.9 Å². The van der Waals surface area contributed by atoms with Crippen molar-refractivity contribution < 1.29 is 19.2 Å². The fraction of sp³-hybridized carbons (Fsp3) is 0.125. The number of carbonyl (C=O) groups excluding carboxylic acids is 2. The van der Waals surface area contributed by atoms with Gasteiger partial charge in [0.15, 0.2) is 6.10 Å². The minimum atomic E-state index is -1.15. The summed E-state index contributed by atoms with van der Waals surface area (Å²) in [5.74, 6) is -1.53. The number of nitro groups is 1. The van der Waals surface area contributed by atoms with E-state index in [0.717, 1.165) is 12.1 Å². The van der Waals surface area contributed by atoms with Crippen LogP contribution in [0.5, 0.6) is 0 Å². The quantitative estimate of drug-likeness (QED) is 0.477. The Bertz CT molecular complexity index is 841. The highest BCUT2D eigenvalue weighted by Crippen LogP contribution is 2.23. The van der Waals surface area contributed by atoms with Gasteiger partial charge in [0.2, 0.25) is 0 Å². The van der Waals surface area contributed by atoms with Crippen molar-refractivity contribution in [1.82, 2.24) is 0 Å². The van der Waals surface area contributed by atoms with E-state index >= 15 is 0 Å². The molecule has 0 aliphatic rings. The number of amides is 1. The van der Waals surface area contributed by atoms with E-state index in [2.05, 4.69) is 5.32 Å². The van der Waals surface area contributed by atoms with Crippen LogP contribution in [-0.2, 0) is 9.53 Å². The van der Waals surface area contributed by atoms with Crippen LogP contribution in [0.3, 0.4) is 0 Å². The number of nitrogens with zero attached hydrogens (tertiary/aromatic N) is 1. The van der Waals surface area contributed by atoms with E-state index in [-0.39, 0.29) is 16.3 Å². The monoisotopic (exact) mass is 382 g/mol. The zero-order chi connectivity index (χ0) is 18.6. The van der Waals surface area contributed by atoms with E-state index in [0.29, 0.717) is 10.7 Å². The predicted molar refractivity (Wildman–Crippen MR) is 93.1 cm³/mol. The number of halogens is 2. The van der Waals surface area contributed by atoms with Gasteiger partial charge in [-0.05, 0) is 31.2 Å². The summed E-state index contributed by atoms with van der Waals surface area (Å²) in [6.45, 7) is 1.36. The maximum absolute atomic E-state index is 12.1. The summed E-state index contributed by atoms with van der Waals surface area (Å²) in [5.41, 5.74) is -0.0700. The first-order valence-corrected chi connectivity index (χ1v) is 7.75. The summed E-state index contributed by atoms with van der Waals surface area (Å²) in [5, 5.41) is 13.7. The Morgan fingerprint density at radius 1 is 1.20 bits per heavy atom. The molecule has 0 fully saturated rings.